The summed E-state index contributed by atoms with van der Waals surface area (Å²) in [5.74, 6) is 0.751. The van der Waals surface area contributed by atoms with Crippen LogP contribution in [0.3, 0.4) is 0 Å². The maximum Gasteiger partial charge on any atom is 0.238 e. The Morgan fingerprint density at radius 1 is 1.68 bits per heavy atom. The summed E-state index contributed by atoms with van der Waals surface area (Å²) >= 11 is 1.59. The first-order valence-corrected chi connectivity index (χ1v) is 7.62. The van der Waals surface area contributed by atoms with E-state index in [4.69, 9.17) is 5.73 Å². The van der Waals surface area contributed by atoms with Gasteiger partial charge in [-0.3, -0.25) is 4.79 Å². The first kappa shape index (κ1) is 14.4. The Kier molecular flexibility index (Phi) is 4.20. The van der Waals surface area contributed by atoms with Crippen molar-refractivity contribution in [3.05, 3.63) is 12.4 Å². The van der Waals surface area contributed by atoms with E-state index in [0.29, 0.717) is 11.7 Å². The van der Waals surface area contributed by atoms with Crippen LogP contribution < -0.4 is 11.1 Å². The lowest BCUT2D eigenvalue weighted by atomic mass is 9.93. The molecule has 1 fully saturated rings. The Labute approximate surface area is 118 Å². The molecule has 0 spiro atoms. The van der Waals surface area contributed by atoms with E-state index in [-0.39, 0.29) is 11.9 Å². The van der Waals surface area contributed by atoms with Gasteiger partial charge in [0.2, 0.25) is 5.91 Å². The number of hydrogen-bond acceptors (Lipinski definition) is 4. The van der Waals surface area contributed by atoms with E-state index in [0.717, 1.165) is 18.0 Å². The summed E-state index contributed by atoms with van der Waals surface area (Å²) in [5, 5.41) is 4.32. The molecule has 1 aromatic heterocycles. The minimum atomic E-state index is -0.606. The van der Waals surface area contributed by atoms with Gasteiger partial charge in [-0.05, 0) is 32.6 Å². The van der Waals surface area contributed by atoms with Crippen LogP contribution in [0, 0.1) is 5.92 Å². The highest BCUT2D eigenvalue weighted by Crippen LogP contribution is 2.42. The molecule has 1 aliphatic carbocycles. The van der Waals surface area contributed by atoms with Crippen molar-refractivity contribution >= 4 is 17.7 Å². The van der Waals surface area contributed by atoms with Gasteiger partial charge in [-0.15, -0.1) is 0 Å². The molecule has 6 heteroatoms. The van der Waals surface area contributed by atoms with Crippen molar-refractivity contribution in [2.45, 2.75) is 43.4 Å². The minimum Gasteiger partial charge on any atom is -0.368 e. The molecule has 5 nitrogen and oxygen atoms in total. The molecule has 1 unspecified atom stereocenters. The number of nitrogens with zero attached hydrogens (tertiary/aromatic N) is 2. The van der Waals surface area contributed by atoms with Crippen LogP contribution in [-0.4, -0.2) is 32.8 Å². The summed E-state index contributed by atoms with van der Waals surface area (Å²) in [7, 11) is 1.95. The molecule has 0 aliphatic heterocycles. The van der Waals surface area contributed by atoms with Gasteiger partial charge < -0.3 is 15.6 Å². The molecule has 0 aromatic carbocycles. The molecule has 0 radical (unpaired) electrons. The fourth-order valence-corrected chi connectivity index (χ4v) is 3.60. The van der Waals surface area contributed by atoms with Crippen molar-refractivity contribution in [1.29, 1.82) is 0 Å². The molecule has 19 heavy (non-hydrogen) atoms. The van der Waals surface area contributed by atoms with Crippen molar-refractivity contribution in [2.75, 3.05) is 5.75 Å². The summed E-state index contributed by atoms with van der Waals surface area (Å²) in [5.41, 5.74) is 5.09. The number of aryl methyl sites for hydroxylation is 1. The molecule has 1 aliphatic rings. The van der Waals surface area contributed by atoms with E-state index in [1.54, 1.807) is 18.0 Å². The molecule has 3 N–H and O–H groups in total. The Hall–Kier alpha value is -1.01. The highest BCUT2D eigenvalue weighted by Gasteiger charge is 2.50. The smallest absolute Gasteiger partial charge is 0.238 e. The molecule has 1 saturated carbocycles. The van der Waals surface area contributed by atoms with Crippen LogP contribution in [0.25, 0.3) is 0 Å². The summed E-state index contributed by atoms with van der Waals surface area (Å²) in [6, 6.07) is 0.232. The first-order chi connectivity index (χ1) is 8.95. The third-order valence-electron chi connectivity index (χ3n) is 3.47. The predicted molar refractivity (Wildman–Crippen MR) is 76.9 cm³/mol. The van der Waals surface area contributed by atoms with Crippen LogP contribution >= 0.6 is 11.8 Å². The van der Waals surface area contributed by atoms with Crippen molar-refractivity contribution < 1.29 is 4.79 Å². The highest BCUT2D eigenvalue weighted by molar-refractivity contribution is 7.99. The van der Waals surface area contributed by atoms with Crippen LogP contribution in [0.2, 0.25) is 0 Å². The van der Waals surface area contributed by atoms with Gasteiger partial charge in [-0.2, -0.15) is 0 Å². The Balaban J connectivity index is 2.13. The van der Waals surface area contributed by atoms with Crippen molar-refractivity contribution in [2.24, 2.45) is 18.7 Å². The van der Waals surface area contributed by atoms with E-state index in [1.807, 2.05) is 31.7 Å². The van der Waals surface area contributed by atoms with Crippen LogP contribution in [0.4, 0.5) is 0 Å². The lowest BCUT2D eigenvalue weighted by molar-refractivity contribution is -0.124. The van der Waals surface area contributed by atoms with Gasteiger partial charge in [0.25, 0.3) is 0 Å². The van der Waals surface area contributed by atoms with Gasteiger partial charge >= 0.3 is 0 Å². The largest absolute Gasteiger partial charge is 0.368 e. The molecule has 1 aromatic rings. The second-order valence-electron chi connectivity index (χ2n) is 5.52. The quantitative estimate of drug-likeness (QED) is 0.736. The fraction of sp³-hybridized carbons (Fsp3) is 0.692. The molecular formula is C13H22N4OS. The average Bonchev–Trinajstić information content (AvgIpc) is 3.09. The number of rotatable bonds is 7. The van der Waals surface area contributed by atoms with E-state index in [1.165, 1.54) is 0 Å². The maximum atomic E-state index is 12.0. The van der Waals surface area contributed by atoms with E-state index < -0.39 is 5.54 Å². The standard InChI is InChI=1S/C13H22N4OS/c1-9(2)16-13(11(14)18,10-4-5-10)8-19-12-15-6-7-17(12)3/h6-7,9-10,16H,4-5,8H2,1-3H3,(H2,14,18). The van der Waals surface area contributed by atoms with E-state index in [9.17, 15) is 4.79 Å². The number of hydrogen-bond donors (Lipinski definition) is 2. The number of primary amides is 1. The highest BCUT2D eigenvalue weighted by atomic mass is 32.2. The average molecular weight is 282 g/mol. The molecule has 0 bridgehead atoms. The van der Waals surface area contributed by atoms with E-state index >= 15 is 0 Å². The monoisotopic (exact) mass is 282 g/mol. The van der Waals surface area contributed by atoms with Crippen molar-refractivity contribution in [1.82, 2.24) is 14.9 Å². The Morgan fingerprint density at radius 2 is 2.37 bits per heavy atom. The van der Waals surface area contributed by atoms with Gasteiger partial charge in [0.1, 0.15) is 5.54 Å². The number of nitrogens with two attached hydrogens (primary N) is 1. The lowest BCUT2D eigenvalue weighted by Crippen LogP contribution is -2.61. The molecule has 2 rings (SSSR count). The fourth-order valence-electron chi connectivity index (χ4n) is 2.38. The van der Waals surface area contributed by atoms with Gasteiger partial charge in [0.15, 0.2) is 5.16 Å². The number of thioether (sulfide) groups is 1. The van der Waals surface area contributed by atoms with Gasteiger partial charge in [0, 0.05) is 31.2 Å². The summed E-state index contributed by atoms with van der Waals surface area (Å²) in [4.78, 5) is 16.3. The molecule has 1 heterocycles. The molecule has 1 atom stereocenters. The zero-order chi connectivity index (χ0) is 14.0. The number of aromatic nitrogens is 2. The SMILES string of the molecule is CC(C)NC(CSc1nccn1C)(C(N)=O)C1CC1. The number of carbonyl (C=O) groups excluding carboxylic acids is 1. The summed E-state index contributed by atoms with van der Waals surface area (Å²) < 4.78 is 1.96. The molecular weight excluding hydrogens is 260 g/mol. The topological polar surface area (TPSA) is 72.9 Å². The van der Waals surface area contributed by atoms with Crippen molar-refractivity contribution in [3.8, 4) is 0 Å². The number of imidazole rings is 1. The molecule has 0 saturated heterocycles. The van der Waals surface area contributed by atoms with Crippen LogP contribution in [0.1, 0.15) is 26.7 Å². The predicted octanol–water partition coefficient (Wildman–Crippen LogP) is 1.14. The van der Waals surface area contributed by atoms with Gasteiger partial charge in [-0.25, -0.2) is 4.98 Å². The number of amides is 1. The third kappa shape index (κ3) is 3.12. The zero-order valence-corrected chi connectivity index (χ0v) is 12.5. The van der Waals surface area contributed by atoms with Crippen LogP contribution in [0.5, 0.6) is 0 Å². The van der Waals surface area contributed by atoms with Gasteiger partial charge in [0.05, 0.1) is 0 Å². The normalized spacial score (nSPS) is 18.5. The van der Waals surface area contributed by atoms with Crippen LogP contribution in [-0.2, 0) is 11.8 Å². The summed E-state index contributed by atoms with van der Waals surface area (Å²) in [6.07, 6.45) is 5.82. The molecule has 106 valence electrons. The third-order valence-corrected chi connectivity index (χ3v) is 4.72. The summed E-state index contributed by atoms with van der Waals surface area (Å²) in [6.45, 7) is 4.09. The second-order valence-corrected chi connectivity index (χ2v) is 6.46. The number of carbonyl (C=O) groups is 1. The lowest BCUT2D eigenvalue weighted by Gasteiger charge is -2.33. The van der Waals surface area contributed by atoms with Crippen LogP contribution in [0.15, 0.2) is 17.6 Å². The maximum absolute atomic E-state index is 12.0. The first-order valence-electron chi connectivity index (χ1n) is 6.63. The zero-order valence-electron chi connectivity index (χ0n) is 11.7. The Bertz CT molecular complexity index is 455. The second kappa shape index (κ2) is 5.54. The minimum absolute atomic E-state index is 0.232. The van der Waals surface area contributed by atoms with E-state index in [2.05, 4.69) is 10.3 Å². The van der Waals surface area contributed by atoms with Crippen molar-refractivity contribution in [3.63, 3.8) is 0 Å². The molecule has 1 amide bonds. The number of nitrogens with one attached hydrogen (secondary N) is 1. The van der Waals surface area contributed by atoms with Gasteiger partial charge in [-0.1, -0.05) is 11.8 Å². The Morgan fingerprint density at radius 3 is 2.79 bits per heavy atom.